The Balaban J connectivity index is 1.93. The van der Waals surface area contributed by atoms with Gasteiger partial charge in [0, 0.05) is 31.9 Å². The summed E-state index contributed by atoms with van der Waals surface area (Å²) in [5, 5.41) is 0. The molecule has 0 unspecified atom stereocenters. The number of hydrogen-bond acceptors (Lipinski definition) is 2. The van der Waals surface area contributed by atoms with E-state index >= 15 is 0 Å². The van der Waals surface area contributed by atoms with E-state index in [9.17, 15) is 0 Å². The second kappa shape index (κ2) is 5.71. The first-order chi connectivity index (χ1) is 9.74. The molecule has 3 rings (SSSR count). The van der Waals surface area contributed by atoms with Crippen molar-refractivity contribution in [3.05, 3.63) is 59.9 Å². The molecule has 102 valence electrons. The van der Waals surface area contributed by atoms with Crippen LogP contribution < -0.4 is 9.47 Å². The van der Waals surface area contributed by atoms with E-state index in [4.69, 9.17) is 0 Å². The maximum absolute atomic E-state index is 2.33. The summed E-state index contributed by atoms with van der Waals surface area (Å²) in [4.78, 5) is 3.48. The van der Waals surface area contributed by atoms with Gasteiger partial charge in [-0.05, 0) is 29.8 Å². The summed E-state index contributed by atoms with van der Waals surface area (Å²) in [5.41, 5.74) is 3.81. The third-order valence-electron chi connectivity index (χ3n) is 3.49. The van der Waals surface area contributed by atoms with E-state index in [2.05, 4.69) is 78.3 Å². The molecule has 1 aromatic heterocycles. The molecule has 1 aliphatic rings. The number of anilines is 1. The lowest BCUT2D eigenvalue weighted by Crippen LogP contribution is -2.40. The Morgan fingerprint density at radius 1 is 1.10 bits per heavy atom. The maximum Gasteiger partial charge on any atom is 0.218 e. The highest BCUT2D eigenvalue weighted by Gasteiger charge is 2.20. The van der Waals surface area contributed by atoms with E-state index in [1.54, 1.807) is 0 Å². The van der Waals surface area contributed by atoms with E-state index in [1.165, 1.54) is 21.8 Å². The molecule has 0 bridgehead atoms. The lowest BCUT2D eigenvalue weighted by atomic mass is 10.1. The number of nitrogens with zero attached hydrogens (tertiary/aromatic N) is 2. The van der Waals surface area contributed by atoms with E-state index in [0.29, 0.717) is 0 Å². The second-order valence-corrected chi connectivity index (χ2v) is 6.26. The largest absolute Gasteiger partial charge is 0.378 e. The first-order valence-electron chi connectivity index (χ1n) is 6.85. The molecule has 0 aliphatic carbocycles. The lowest BCUT2D eigenvalue weighted by Gasteiger charge is -2.14. The van der Waals surface area contributed by atoms with Crippen LogP contribution in [0.4, 0.5) is 5.69 Å². The number of fused-ring (bicyclic) bond motifs is 1. The average molecular weight is 283 g/mol. The van der Waals surface area contributed by atoms with E-state index < -0.39 is 0 Å². The topological polar surface area (TPSA) is 7.12 Å². The Hall–Kier alpha value is -1.74. The summed E-state index contributed by atoms with van der Waals surface area (Å²) in [5.74, 6) is 1.14. The predicted octanol–water partition coefficient (Wildman–Crippen LogP) is 3.29. The summed E-state index contributed by atoms with van der Waals surface area (Å²) < 4.78 is 2.33. The third-order valence-corrected chi connectivity index (χ3v) is 4.51. The van der Waals surface area contributed by atoms with Gasteiger partial charge >= 0.3 is 0 Å². The fourth-order valence-corrected chi connectivity index (χ4v) is 3.42. The molecule has 0 spiro atoms. The van der Waals surface area contributed by atoms with Crippen molar-refractivity contribution in [2.24, 2.45) is 0 Å². The maximum atomic E-state index is 2.33. The summed E-state index contributed by atoms with van der Waals surface area (Å²) in [6.07, 6.45) is 4.45. The number of aryl methyl sites for hydroxylation is 1. The normalized spacial score (nSPS) is 16.0. The first-order valence-corrected chi connectivity index (χ1v) is 7.83. The van der Waals surface area contributed by atoms with Gasteiger partial charge in [0.2, 0.25) is 5.69 Å². The molecule has 0 saturated carbocycles. The Morgan fingerprint density at radius 2 is 1.90 bits per heavy atom. The van der Waals surface area contributed by atoms with Crippen molar-refractivity contribution in [3.8, 4) is 0 Å². The Labute approximate surface area is 124 Å². The van der Waals surface area contributed by atoms with Crippen molar-refractivity contribution in [2.45, 2.75) is 6.54 Å². The second-order valence-electron chi connectivity index (χ2n) is 5.12. The highest BCUT2D eigenvalue weighted by atomic mass is 32.2. The van der Waals surface area contributed by atoms with Gasteiger partial charge in [-0.15, -0.1) is 11.8 Å². The number of benzene rings is 1. The van der Waals surface area contributed by atoms with Gasteiger partial charge < -0.3 is 4.90 Å². The molecule has 1 aromatic carbocycles. The average Bonchev–Trinajstić information content (AvgIpc) is 2.48. The fraction of sp³-hybridized carbons (Fsp3) is 0.235. The predicted molar refractivity (Wildman–Crippen MR) is 87.7 cm³/mol. The van der Waals surface area contributed by atoms with E-state index in [0.717, 1.165) is 12.3 Å². The SMILES string of the molecule is CN(C)c1ccc(/C=C2\SCC[n+]3ccccc32)cc1. The minimum absolute atomic E-state index is 1.09. The molecule has 0 amide bonds. The minimum atomic E-state index is 1.09. The van der Waals surface area contributed by atoms with Gasteiger partial charge in [0.15, 0.2) is 12.7 Å². The van der Waals surface area contributed by atoms with Crippen LogP contribution in [0.25, 0.3) is 11.0 Å². The van der Waals surface area contributed by atoms with Crippen LogP contribution in [0.5, 0.6) is 0 Å². The molecule has 2 nitrogen and oxygen atoms in total. The highest BCUT2D eigenvalue weighted by molar-refractivity contribution is 8.08. The Bertz CT molecular complexity index is 630. The van der Waals surface area contributed by atoms with Crippen LogP contribution in [0.3, 0.4) is 0 Å². The highest BCUT2D eigenvalue weighted by Crippen LogP contribution is 2.30. The zero-order chi connectivity index (χ0) is 13.9. The van der Waals surface area contributed by atoms with Crippen LogP contribution in [0.1, 0.15) is 11.3 Å². The molecule has 0 atom stereocenters. The molecule has 0 radical (unpaired) electrons. The molecule has 0 N–H and O–H groups in total. The van der Waals surface area contributed by atoms with E-state index in [-0.39, 0.29) is 0 Å². The van der Waals surface area contributed by atoms with Crippen LogP contribution in [-0.2, 0) is 6.54 Å². The lowest BCUT2D eigenvalue weighted by molar-refractivity contribution is -0.695. The molecule has 2 heterocycles. The van der Waals surface area contributed by atoms with Crippen LogP contribution in [0, 0.1) is 0 Å². The van der Waals surface area contributed by atoms with Gasteiger partial charge in [-0.3, -0.25) is 0 Å². The quantitative estimate of drug-likeness (QED) is 0.781. The van der Waals surface area contributed by atoms with Crippen molar-refractivity contribution < 1.29 is 4.57 Å². The van der Waals surface area contributed by atoms with Crippen molar-refractivity contribution in [1.82, 2.24) is 0 Å². The minimum Gasteiger partial charge on any atom is -0.378 e. The zero-order valence-electron chi connectivity index (χ0n) is 11.9. The van der Waals surface area contributed by atoms with Gasteiger partial charge in [-0.2, -0.15) is 4.57 Å². The van der Waals surface area contributed by atoms with Crippen molar-refractivity contribution in [3.63, 3.8) is 0 Å². The van der Waals surface area contributed by atoms with Crippen LogP contribution >= 0.6 is 11.8 Å². The summed E-state index contributed by atoms with van der Waals surface area (Å²) in [6.45, 7) is 1.09. The van der Waals surface area contributed by atoms with Crippen LogP contribution in [0.2, 0.25) is 0 Å². The number of pyridine rings is 1. The summed E-state index contributed by atoms with van der Waals surface area (Å²) >= 11 is 1.94. The molecule has 0 fully saturated rings. The number of rotatable bonds is 2. The van der Waals surface area contributed by atoms with Gasteiger partial charge in [0.1, 0.15) is 0 Å². The molecule has 2 aromatic rings. The fourth-order valence-electron chi connectivity index (χ4n) is 2.36. The molecule has 0 saturated heterocycles. The molecule has 3 heteroatoms. The number of thioether (sulfide) groups is 1. The van der Waals surface area contributed by atoms with Gasteiger partial charge in [0.05, 0.1) is 10.7 Å². The monoisotopic (exact) mass is 283 g/mol. The van der Waals surface area contributed by atoms with Crippen molar-refractivity contribution in [1.29, 1.82) is 0 Å². The standard InChI is InChI=1S/C17H19N2S/c1-18(2)15-8-6-14(7-9-15)13-17-16-5-3-4-10-19(16)11-12-20-17/h3-10,13H,11-12H2,1-2H3/q+1. The summed E-state index contributed by atoms with van der Waals surface area (Å²) in [6, 6.07) is 15.1. The third kappa shape index (κ3) is 2.73. The van der Waals surface area contributed by atoms with Crippen LogP contribution in [0.15, 0.2) is 48.7 Å². The summed E-state index contributed by atoms with van der Waals surface area (Å²) in [7, 11) is 4.13. The molecule has 1 aliphatic heterocycles. The molecule has 20 heavy (non-hydrogen) atoms. The molecular weight excluding hydrogens is 264 g/mol. The van der Waals surface area contributed by atoms with Gasteiger partial charge in [-0.25, -0.2) is 0 Å². The number of hydrogen-bond donors (Lipinski definition) is 0. The number of aromatic nitrogens is 1. The zero-order valence-corrected chi connectivity index (χ0v) is 12.7. The first kappa shape index (κ1) is 13.3. The van der Waals surface area contributed by atoms with Crippen molar-refractivity contribution >= 4 is 28.4 Å². The van der Waals surface area contributed by atoms with Crippen molar-refractivity contribution in [2.75, 3.05) is 24.7 Å². The van der Waals surface area contributed by atoms with Crippen LogP contribution in [-0.4, -0.2) is 19.8 Å². The smallest absolute Gasteiger partial charge is 0.218 e. The Morgan fingerprint density at radius 3 is 2.65 bits per heavy atom. The molecular formula is C17H19N2S+. The Kier molecular flexibility index (Phi) is 3.79. The van der Waals surface area contributed by atoms with E-state index in [1.807, 2.05) is 11.8 Å². The van der Waals surface area contributed by atoms with Gasteiger partial charge in [0.25, 0.3) is 0 Å². The van der Waals surface area contributed by atoms with Gasteiger partial charge in [-0.1, -0.05) is 12.1 Å².